The SMILES string of the molecule is Cc1ccc(CN2C(=O)C3=C4C=CC=C5CCC6=CC=CC(=C3C2=O)[C@]6(C)[C@]54C)cc1. The lowest BCUT2D eigenvalue weighted by Gasteiger charge is -2.58. The first-order chi connectivity index (χ1) is 14.9. The second-order valence-corrected chi connectivity index (χ2v) is 9.61. The van der Waals surface area contributed by atoms with E-state index in [0.717, 1.165) is 35.1 Å². The smallest absolute Gasteiger partial charge is 0.262 e. The van der Waals surface area contributed by atoms with Gasteiger partial charge in [-0.15, -0.1) is 0 Å². The van der Waals surface area contributed by atoms with Crippen molar-refractivity contribution in [3.63, 3.8) is 0 Å². The third kappa shape index (κ3) is 2.09. The summed E-state index contributed by atoms with van der Waals surface area (Å²) in [5.74, 6) is -0.320. The minimum Gasteiger partial charge on any atom is -0.270 e. The Morgan fingerprint density at radius 3 is 1.77 bits per heavy atom. The standard InChI is InChI=1S/C28H25NO2/c1-17-10-12-18(13-11-17)16-29-25(30)23-21-8-4-6-19-14-15-20-7-5-9-22(24(23)26(29)31)28(20,3)27(19,21)2/h4-13H,14-16H2,1-3H3/t27-,28-/m1/s1. The second kappa shape index (κ2) is 5.94. The molecule has 31 heavy (non-hydrogen) atoms. The van der Waals surface area contributed by atoms with Crippen LogP contribution in [0.5, 0.6) is 0 Å². The van der Waals surface area contributed by atoms with Crippen molar-refractivity contribution in [1.82, 2.24) is 4.90 Å². The molecule has 1 heterocycles. The van der Waals surface area contributed by atoms with E-state index in [1.165, 1.54) is 16.0 Å². The van der Waals surface area contributed by atoms with E-state index >= 15 is 0 Å². The van der Waals surface area contributed by atoms with Crippen molar-refractivity contribution < 1.29 is 9.59 Å². The average molecular weight is 408 g/mol. The van der Waals surface area contributed by atoms with Gasteiger partial charge in [-0.05, 0) is 36.5 Å². The fourth-order valence-corrected chi connectivity index (χ4v) is 6.41. The molecule has 0 spiro atoms. The number of likely N-dealkylation sites (tertiary alicyclic amines) is 1. The van der Waals surface area contributed by atoms with Crippen LogP contribution in [0.4, 0.5) is 0 Å². The van der Waals surface area contributed by atoms with Crippen molar-refractivity contribution in [2.24, 2.45) is 10.8 Å². The molecule has 2 atom stereocenters. The first-order valence-corrected chi connectivity index (χ1v) is 11.0. The van der Waals surface area contributed by atoms with Crippen LogP contribution >= 0.6 is 0 Å². The molecule has 1 saturated heterocycles. The van der Waals surface area contributed by atoms with E-state index in [0.29, 0.717) is 17.7 Å². The third-order valence-electron chi connectivity index (χ3n) is 8.31. The van der Waals surface area contributed by atoms with Gasteiger partial charge in [0.05, 0.1) is 17.7 Å². The summed E-state index contributed by atoms with van der Waals surface area (Å²) in [4.78, 5) is 28.9. The predicted octanol–water partition coefficient (Wildman–Crippen LogP) is 5.27. The number of amides is 2. The van der Waals surface area contributed by atoms with Crippen LogP contribution in [0.3, 0.4) is 0 Å². The van der Waals surface area contributed by atoms with E-state index in [1.54, 1.807) is 0 Å². The number of fused-ring (bicyclic) bond motifs is 1. The molecule has 6 rings (SSSR count). The summed E-state index contributed by atoms with van der Waals surface area (Å²) in [5.41, 5.74) is 7.49. The summed E-state index contributed by atoms with van der Waals surface area (Å²) in [6.45, 7) is 6.88. The molecule has 4 aliphatic carbocycles. The molecule has 0 unspecified atom stereocenters. The number of benzene rings is 1. The number of hydrogen-bond acceptors (Lipinski definition) is 2. The van der Waals surface area contributed by atoms with E-state index in [2.05, 4.69) is 50.3 Å². The number of allylic oxidation sites excluding steroid dienone is 10. The van der Waals surface area contributed by atoms with Gasteiger partial charge in [0.1, 0.15) is 0 Å². The molecule has 1 aromatic carbocycles. The van der Waals surface area contributed by atoms with Crippen LogP contribution in [-0.4, -0.2) is 16.7 Å². The van der Waals surface area contributed by atoms with E-state index in [-0.39, 0.29) is 22.6 Å². The van der Waals surface area contributed by atoms with E-state index in [1.807, 2.05) is 31.2 Å². The zero-order valence-corrected chi connectivity index (χ0v) is 18.2. The number of carbonyl (C=O) groups excluding carboxylic acids is 2. The normalized spacial score (nSPS) is 30.5. The van der Waals surface area contributed by atoms with Gasteiger partial charge < -0.3 is 0 Å². The largest absolute Gasteiger partial charge is 0.270 e. The van der Waals surface area contributed by atoms with Crippen LogP contribution in [0.25, 0.3) is 0 Å². The van der Waals surface area contributed by atoms with Gasteiger partial charge in [-0.1, -0.05) is 91.3 Å². The highest BCUT2D eigenvalue weighted by Gasteiger charge is 2.62. The number of imide groups is 1. The monoisotopic (exact) mass is 407 g/mol. The van der Waals surface area contributed by atoms with Gasteiger partial charge in [-0.2, -0.15) is 0 Å². The van der Waals surface area contributed by atoms with Gasteiger partial charge in [0, 0.05) is 10.8 Å². The second-order valence-electron chi connectivity index (χ2n) is 9.61. The van der Waals surface area contributed by atoms with Gasteiger partial charge in [-0.3, -0.25) is 14.5 Å². The summed E-state index contributed by atoms with van der Waals surface area (Å²) in [6.07, 6.45) is 14.7. The predicted molar refractivity (Wildman–Crippen MR) is 121 cm³/mol. The lowest BCUT2D eigenvalue weighted by molar-refractivity contribution is -0.137. The van der Waals surface area contributed by atoms with E-state index in [9.17, 15) is 9.59 Å². The van der Waals surface area contributed by atoms with Gasteiger partial charge in [0.15, 0.2) is 0 Å². The molecule has 0 N–H and O–H groups in total. The van der Waals surface area contributed by atoms with Crippen molar-refractivity contribution in [2.75, 3.05) is 0 Å². The molecule has 0 aromatic heterocycles. The quantitative estimate of drug-likeness (QED) is 0.627. The highest BCUT2D eigenvalue weighted by Crippen LogP contribution is 2.69. The Hall–Kier alpha value is -3.20. The molecule has 2 amide bonds. The maximum absolute atomic E-state index is 13.7. The first-order valence-electron chi connectivity index (χ1n) is 11.0. The van der Waals surface area contributed by atoms with Crippen LogP contribution in [0, 0.1) is 17.8 Å². The van der Waals surface area contributed by atoms with Crippen LogP contribution in [0.1, 0.15) is 37.8 Å². The Morgan fingerprint density at radius 2 is 1.29 bits per heavy atom. The van der Waals surface area contributed by atoms with Crippen LogP contribution in [0.2, 0.25) is 0 Å². The summed E-state index contributed by atoms with van der Waals surface area (Å²) in [7, 11) is 0. The number of carbonyl (C=O) groups is 2. The lowest BCUT2D eigenvalue weighted by atomic mass is 9.44. The average Bonchev–Trinajstić information content (AvgIpc) is 2.99. The zero-order valence-electron chi connectivity index (χ0n) is 18.2. The van der Waals surface area contributed by atoms with Crippen LogP contribution < -0.4 is 0 Å². The number of rotatable bonds is 2. The minimum absolute atomic E-state index is 0.160. The van der Waals surface area contributed by atoms with Crippen molar-refractivity contribution in [3.05, 3.63) is 105 Å². The summed E-state index contributed by atoms with van der Waals surface area (Å²) in [6, 6.07) is 8.04. The molecule has 154 valence electrons. The maximum atomic E-state index is 13.7. The summed E-state index contributed by atoms with van der Waals surface area (Å²) in [5, 5.41) is 0. The van der Waals surface area contributed by atoms with Crippen molar-refractivity contribution >= 4 is 11.8 Å². The molecule has 1 aromatic rings. The van der Waals surface area contributed by atoms with E-state index < -0.39 is 0 Å². The molecule has 1 aliphatic heterocycles. The molecule has 3 nitrogen and oxygen atoms in total. The van der Waals surface area contributed by atoms with Crippen molar-refractivity contribution in [1.29, 1.82) is 0 Å². The zero-order chi connectivity index (χ0) is 21.5. The third-order valence-corrected chi connectivity index (χ3v) is 8.31. The number of nitrogens with zero attached hydrogens (tertiary/aromatic N) is 1. The molecular weight excluding hydrogens is 382 g/mol. The number of aryl methyl sites for hydroxylation is 1. The number of hydrogen-bond donors (Lipinski definition) is 0. The highest BCUT2D eigenvalue weighted by atomic mass is 16.2. The van der Waals surface area contributed by atoms with Crippen molar-refractivity contribution in [3.8, 4) is 0 Å². The Kier molecular flexibility index (Phi) is 3.56. The fourth-order valence-electron chi connectivity index (χ4n) is 6.41. The molecule has 2 fully saturated rings. The Balaban J connectivity index is 1.58. The van der Waals surface area contributed by atoms with Gasteiger partial charge >= 0.3 is 0 Å². The summed E-state index contributed by atoms with van der Waals surface area (Å²) >= 11 is 0. The maximum Gasteiger partial charge on any atom is 0.262 e. The van der Waals surface area contributed by atoms with Gasteiger partial charge in [-0.25, -0.2) is 0 Å². The molecule has 0 bridgehead atoms. The highest BCUT2D eigenvalue weighted by molar-refractivity contribution is 6.26. The van der Waals surface area contributed by atoms with Crippen molar-refractivity contribution in [2.45, 2.75) is 40.2 Å². The topological polar surface area (TPSA) is 37.4 Å². The van der Waals surface area contributed by atoms with Crippen LogP contribution in [-0.2, 0) is 16.1 Å². The minimum atomic E-state index is -0.305. The van der Waals surface area contributed by atoms with E-state index in [4.69, 9.17) is 0 Å². The Labute approximate surface area is 182 Å². The molecule has 0 radical (unpaired) electrons. The van der Waals surface area contributed by atoms with Gasteiger partial charge in [0.25, 0.3) is 11.8 Å². The molecule has 1 saturated carbocycles. The summed E-state index contributed by atoms with van der Waals surface area (Å²) < 4.78 is 0. The van der Waals surface area contributed by atoms with Gasteiger partial charge in [0.2, 0.25) is 0 Å². The van der Waals surface area contributed by atoms with Crippen LogP contribution in [0.15, 0.2) is 94.2 Å². The molecule has 5 aliphatic rings. The Morgan fingerprint density at radius 1 is 0.806 bits per heavy atom. The molecular formula is C28H25NO2. The fraction of sp³-hybridized carbons (Fsp3) is 0.286. The Bertz CT molecular complexity index is 1190. The molecule has 3 heteroatoms. The lowest BCUT2D eigenvalue weighted by Crippen LogP contribution is -2.50. The first kappa shape index (κ1) is 18.6.